The van der Waals surface area contributed by atoms with E-state index in [9.17, 15) is 0 Å². The van der Waals surface area contributed by atoms with Gasteiger partial charge in [-0.15, -0.1) is 0 Å². The Morgan fingerprint density at radius 3 is 2.44 bits per heavy atom. The van der Waals surface area contributed by atoms with E-state index < -0.39 is 9.12 Å². The fourth-order valence-corrected chi connectivity index (χ4v) is 2.05. The first-order valence-corrected chi connectivity index (χ1v) is 5.43. The van der Waals surface area contributed by atoms with Crippen LogP contribution in [0.5, 0.6) is 0 Å². The minimum Gasteiger partial charge on any atom is -0.379 e. The predicted molar refractivity (Wildman–Crippen MR) is 39.1 cm³/mol. The van der Waals surface area contributed by atoms with Crippen molar-refractivity contribution < 1.29 is 4.74 Å². The number of nitrogens with two attached hydrogens (primary N) is 2. The summed E-state index contributed by atoms with van der Waals surface area (Å²) < 4.78 is 5.35. The Morgan fingerprint density at radius 1 is 1.33 bits per heavy atom. The summed E-state index contributed by atoms with van der Waals surface area (Å²) in [5.41, 5.74) is 0.249. The first-order valence-electron chi connectivity index (χ1n) is 3.43. The molecule has 54 valence electrons. The maximum absolute atomic E-state index is 5.56. The molecule has 1 saturated heterocycles. The zero-order valence-corrected chi connectivity index (χ0v) is 6.70. The number of ether oxygens (including phenoxy) is 1. The summed E-state index contributed by atoms with van der Waals surface area (Å²) in [5.74, 6) is 0. The van der Waals surface area contributed by atoms with Crippen molar-refractivity contribution >= 4 is 9.12 Å². The molecule has 4 N–H and O–H groups in total. The fourth-order valence-electron chi connectivity index (χ4n) is 1.07. The van der Waals surface area contributed by atoms with Crippen molar-refractivity contribution in [2.45, 2.75) is 25.0 Å². The summed E-state index contributed by atoms with van der Waals surface area (Å²) in [6.07, 6.45) is 3.50. The SMILES string of the molecule is N[SiH](N)C1CCCCO1. The molecule has 0 aromatic rings. The lowest BCUT2D eigenvalue weighted by Crippen LogP contribution is -2.51. The Bertz CT molecular complexity index is 83.0. The average Bonchev–Trinajstić information content (AvgIpc) is 1.90. The molecule has 1 atom stereocenters. The third-order valence-corrected chi connectivity index (χ3v) is 3.03. The van der Waals surface area contributed by atoms with Gasteiger partial charge >= 0.3 is 0 Å². The van der Waals surface area contributed by atoms with Crippen LogP contribution in [0, 0.1) is 0 Å². The molecule has 0 aromatic carbocycles. The van der Waals surface area contributed by atoms with E-state index in [4.69, 9.17) is 15.5 Å². The van der Waals surface area contributed by atoms with Gasteiger partial charge in [0.15, 0.2) is 0 Å². The first kappa shape index (κ1) is 7.21. The molecule has 1 aliphatic heterocycles. The van der Waals surface area contributed by atoms with E-state index in [1.165, 1.54) is 12.8 Å². The fraction of sp³-hybridized carbons (Fsp3) is 1.00. The van der Waals surface area contributed by atoms with Crippen LogP contribution in [0.15, 0.2) is 0 Å². The largest absolute Gasteiger partial charge is 0.379 e. The highest BCUT2D eigenvalue weighted by Crippen LogP contribution is 2.11. The van der Waals surface area contributed by atoms with Gasteiger partial charge in [0.2, 0.25) is 9.12 Å². The van der Waals surface area contributed by atoms with E-state index in [1.807, 2.05) is 0 Å². The van der Waals surface area contributed by atoms with E-state index in [0.29, 0.717) is 0 Å². The van der Waals surface area contributed by atoms with Crippen LogP contribution in [0.2, 0.25) is 0 Å². The monoisotopic (exact) mass is 146 g/mol. The zero-order valence-electron chi connectivity index (χ0n) is 5.55. The van der Waals surface area contributed by atoms with Crippen molar-refractivity contribution in [3.63, 3.8) is 0 Å². The predicted octanol–water partition coefficient (Wildman–Crippen LogP) is -0.767. The van der Waals surface area contributed by atoms with E-state index in [2.05, 4.69) is 0 Å². The molecular formula is C5H14N2OSi. The van der Waals surface area contributed by atoms with Crippen LogP contribution in [0.3, 0.4) is 0 Å². The Morgan fingerprint density at radius 2 is 2.11 bits per heavy atom. The quantitative estimate of drug-likeness (QED) is 0.478. The number of hydrogen-bond donors (Lipinski definition) is 2. The zero-order chi connectivity index (χ0) is 6.69. The minimum atomic E-state index is -1.47. The molecular weight excluding hydrogens is 132 g/mol. The van der Waals surface area contributed by atoms with Gasteiger partial charge < -0.3 is 15.5 Å². The van der Waals surface area contributed by atoms with Crippen molar-refractivity contribution in [2.24, 2.45) is 10.8 Å². The minimum absolute atomic E-state index is 0.249. The summed E-state index contributed by atoms with van der Waals surface area (Å²) >= 11 is 0. The smallest absolute Gasteiger partial charge is 0.208 e. The molecule has 4 heteroatoms. The van der Waals surface area contributed by atoms with Crippen molar-refractivity contribution in [1.29, 1.82) is 0 Å². The van der Waals surface area contributed by atoms with Gasteiger partial charge in [0.05, 0.1) is 5.73 Å². The standard InChI is InChI=1S/C5H14N2OSi/c6-9(7)5-3-1-2-4-8-5/h5,9H,1-4,6-7H2. The maximum Gasteiger partial charge on any atom is 0.208 e. The molecule has 0 aromatic heterocycles. The Hall–Kier alpha value is 0.0969. The van der Waals surface area contributed by atoms with Crippen molar-refractivity contribution in [2.75, 3.05) is 6.61 Å². The van der Waals surface area contributed by atoms with Crippen molar-refractivity contribution in [3.05, 3.63) is 0 Å². The molecule has 1 fully saturated rings. The summed E-state index contributed by atoms with van der Waals surface area (Å²) in [5, 5.41) is 11.1. The van der Waals surface area contributed by atoms with Gasteiger partial charge in [0.25, 0.3) is 0 Å². The van der Waals surface area contributed by atoms with E-state index in [0.717, 1.165) is 13.0 Å². The van der Waals surface area contributed by atoms with E-state index in [-0.39, 0.29) is 5.73 Å². The van der Waals surface area contributed by atoms with Crippen LogP contribution in [-0.4, -0.2) is 21.5 Å². The second-order valence-electron chi connectivity index (χ2n) is 2.48. The number of hydrogen-bond acceptors (Lipinski definition) is 3. The average molecular weight is 146 g/mol. The van der Waals surface area contributed by atoms with Gasteiger partial charge in [0.1, 0.15) is 0 Å². The summed E-state index contributed by atoms with van der Waals surface area (Å²) in [6.45, 7) is 0.864. The lowest BCUT2D eigenvalue weighted by molar-refractivity contribution is 0.0621. The lowest BCUT2D eigenvalue weighted by Gasteiger charge is -2.23. The molecule has 0 amide bonds. The highest BCUT2D eigenvalue weighted by molar-refractivity contribution is 6.52. The van der Waals surface area contributed by atoms with Crippen LogP contribution >= 0.6 is 0 Å². The molecule has 1 aliphatic rings. The van der Waals surface area contributed by atoms with Crippen LogP contribution in [-0.2, 0) is 4.74 Å². The molecule has 1 rings (SSSR count). The van der Waals surface area contributed by atoms with Gasteiger partial charge in [0, 0.05) is 6.61 Å². The van der Waals surface area contributed by atoms with Crippen molar-refractivity contribution in [1.82, 2.24) is 0 Å². The van der Waals surface area contributed by atoms with Gasteiger partial charge in [-0.3, -0.25) is 0 Å². The molecule has 1 unspecified atom stereocenters. The van der Waals surface area contributed by atoms with Gasteiger partial charge in [-0.05, 0) is 19.3 Å². The van der Waals surface area contributed by atoms with E-state index >= 15 is 0 Å². The Kier molecular flexibility index (Phi) is 2.65. The third kappa shape index (κ3) is 2.06. The normalized spacial score (nSPS) is 29.0. The van der Waals surface area contributed by atoms with Crippen LogP contribution in [0.4, 0.5) is 0 Å². The third-order valence-electron chi connectivity index (χ3n) is 1.64. The topological polar surface area (TPSA) is 61.3 Å². The summed E-state index contributed by atoms with van der Waals surface area (Å²) in [6, 6.07) is 0. The van der Waals surface area contributed by atoms with Crippen LogP contribution < -0.4 is 10.8 Å². The highest BCUT2D eigenvalue weighted by atomic mass is 28.3. The molecule has 0 saturated carbocycles. The summed E-state index contributed by atoms with van der Waals surface area (Å²) in [4.78, 5) is 0. The Labute approximate surface area is 57.1 Å². The molecule has 0 aliphatic carbocycles. The second kappa shape index (κ2) is 3.31. The molecule has 1 heterocycles. The van der Waals surface area contributed by atoms with Gasteiger partial charge in [-0.2, -0.15) is 0 Å². The molecule has 0 bridgehead atoms. The van der Waals surface area contributed by atoms with E-state index in [1.54, 1.807) is 0 Å². The molecule has 0 radical (unpaired) electrons. The molecule has 3 nitrogen and oxygen atoms in total. The van der Waals surface area contributed by atoms with Crippen molar-refractivity contribution in [3.8, 4) is 0 Å². The van der Waals surface area contributed by atoms with Gasteiger partial charge in [-0.25, -0.2) is 0 Å². The lowest BCUT2D eigenvalue weighted by atomic mass is 10.2. The van der Waals surface area contributed by atoms with Crippen LogP contribution in [0.1, 0.15) is 19.3 Å². The highest BCUT2D eigenvalue weighted by Gasteiger charge is 2.19. The maximum atomic E-state index is 5.56. The van der Waals surface area contributed by atoms with Gasteiger partial charge in [-0.1, -0.05) is 0 Å². The van der Waals surface area contributed by atoms with Crippen LogP contribution in [0.25, 0.3) is 0 Å². The molecule has 0 spiro atoms. The molecule has 9 heavy (non-hydrogen) atoms. The first-order chi connectivity index (χ1) is 4.30. The number of rotatable bonds is 1. The second-order valence-corrected chi connectivity index (χ2v) is 4.38. The summed E-state index contributed by atoms with van der Waals surface area (Å²) in [7, 11) is -1.47. The Balaban J connectivity index is 2.23.